The van der Waals surface area contributed by atoms with Crippen LogP contribution in [0, 0.1) is 6.92 Å². The van der Waals surface area contributed by atoms with E-state index in [4.69, 9.17) is 16.3 Å². The Morgan fingerprint density at radius 2 is 2.29 bits per heavy atom. The molecule has 0 bridgehead atoms. The van der Waals surface area contributed by atoms with Gasteiger partial charge in [0.2, 0.25) is 0 Å². The van der Waals surface area contributed by atoms with Crippen molar-refractivity contribution in [2.45, 2.75) is 19.6 Å². The van der Waals surface area contributed by atoms with Gasteiger partial charge in [0.05, 0.1) is 12.7 Å². The molecule has 0 radical (unpaired) electrons. The van der Waals surface area contributed by atoms with Crippen molar-refractivity contribution in [2.24, 2.45) is 0 Å². The van der Waals surface area contributed by atoms with Crippen LogP contribution in [-0.2, 0) is 11.3 Å². The van der Waals surface area contributed by atoms with Crippen LogP contribution >= 0.6 is 27.5 Å². The summed E-state index contributed by atoms with van der Waals surface area (Å²) < 4.78 is 5.60. The van der Waals surface area contributed by atoms with E-state index >= 15 is 0 Å². The van der Waals surface area contributed by atoms with E-state index < -0.39 is 0 Å². The van der Waals surface area contributed by atoms with Crippen LogP contribution < -0.4 is 0 Å². The molecule has 1 aromatic rings. The molecule has 1 nitrogen and oxygen atoms in total. The van der Waals surface area contributed by atoms with Crippen LogP contribution in [0.2, 0.25) is 0 Å². The zero-order valence-electron chi connectivity index (χ0n) is 8.17. The van der Waals surface area contributed by atoms with Gasteiger partial charge in [0, 0.05) is 11.2 Å². The Labute approximate surface area is 98.5 Å². The molecule has 78 valence electrons. The Balaban J connectivity index is 2.44. The third kappa shape index (κ3) is 3.99. The minimum atomic E-state index is 0.0946. The van der Waals surface area contributed by atoms with Crippen molar-refractivity contribution in [2.75, 3.05) is 11.2 Å². The van der Waals surface area contributed by atoms with Crippen LogP contribution in [0.4, 0.5) is 0 Å². The van der Waals surface area contributed by atoms with Crippen molar-refractivity contribution in [3.05, 3.63) is 35.4 Å². The van der Waals surface area contributed by atoms with Crippen molar-refractivity contribution in [3.8, 4) is 0 Å². The highest BCUT2D eigenvalue weighted by Gasteiger charge is 2.05. The van der Waals surface area contributed by atoms with Gasteiger partial charge < -0.3 is 4.74 Å². The van der Waals surface area contributed by atoms with Crippen LogP contribution in [0.3, 0.4) is 0 Å². The fraction of sp³-hybridized carbons (Fsp3) is 0.455. The first-order valence-electron chi connectivity index (χ1n) is 4.55. The lowest BCUT2D eigenvalue weighted by Gasteiger charge is -2.12. The van der Waals surface area contributed by atoms with Gasteiger partial charge in [-0.05, 0) is 12.5 Å². The minimum absolute atomic E-state index is 0.0946. The molecule has 14 heavy (non-hydrogen) atoms. The summed E-state index contributed by atoms with van der Waals surface area (Å²) in [5.74, 6) is 0.525. The molecule has 0 aliphatic rings. The molecule has 3 heteroatoms. The molecule has 0 fully saturated rings. The highest BCUT2D eigenvalue weighted by atomic mass is 79.9. The minimum Gasteiger partial charge on any atom is -0.371 e. The van der Waals surface area contributed by atoms with E-state index in [2.05, 4.69) is 41.1 Å². The van der Waals surface area contributed by atoms with Crippen LogP contribution in [0.15, 0.2) is 24.3 Å². The number of hydrogen-bond donors (Lipinski definition) is 0. The first kappa shape index (κ1) is 12.0. The molecule has 0 amide bonds. The summed E-state index contributed by atoms with van der Waals surface area (Å²) in [4.78, 5) is 0. The van der Waals surface area contributed by atoms with Crippen molar-refractivity contribution in [1.82, 2.24) is 0 Å². The largest absolute Gasteiger partial charge is 0.371 e. The third-order valence-corrected chi connectivity index (χ3v) is 2.98. The zero-order chi connectivity index (χ0) is 10.4. The van der Waals surface area contributed by atoms with E-state index in [1.54, 1.807) is 0 Å². The molecular weight excluding hydrogens is 263 g/mol. The summed E-state index contributed by atoms with van der Waals surface area (Å²) >= 11 is 9.06. The summed E-state index contributed by atoms with van der Waals surface area (Å²) in [7, 11) is 0. The van der Waals surface area contributed by atoms with Gasteiger partial charge in [0.15, 0.2) is 0 Å². The second kappa shape index (κ2) is 6.44. The summed E-state index contributed by atoms with van der Waals surface area (Å²) in [5, 5.41) is 0.780. The number of rotatable bonds is 5. The quantitative estimate of drug-likeness (QED) is 0.748. The molecule has 1 aromatic carbocycles. The normalized spacial score (nSPS) is 12.8. The molecule has 0 aliphatic heterocycles. The lowest BCUT2D eigenvalue weighted by atomic mass is 10.1. The molecule has 0 aliphatic carbocycles. The van der Waals surface area contributed by atoms with Crippen LogP contribution in [-0.4, -0.2) is 17.3 Å². The number of aryl methyl sites for hydroxylation is 1. The first-order chi connectivity index (χ1) is 6.76. The second-order valence-electron chi connectivity index (χ2n) is 3.23. The topological polar surface area (TPSA) is 9.23 Å². The molecule has 1 rings (SSSR count). The maximum atomic E-state index is 5.71. The lowest BCUT2D eigenvalue weighted by molar-refractivity contribution is 0.0717. The number of alkyl halides is 2. The molecular formula is C11H14BrClO. The van der Waals surface area contributed by atoms with Gasteiger partial charge >= 0.3 is 0 Å². The summed E-state index contributed by atoms with van der Waals surface area (Å²) in [6.45, 7) is 2.71. The summed E-state index contributed by atoms with van der Waals surface area (Å²) in [6, 6.07) is 8.30. The van der Waals surface area contributed by atoms with Gasteiger partial charge in [-0.25, -0.2) is 0 Å². The number of halogens is 2. The number of ether oxygens (including phenoxy) is 1. The van der Waals surface area contributed by atoms with Crippen LogP contribution in [0.25, 0.3) is 0 Å². The third-order valence-electron chi connectivity index (χ3n) is 1.91. The summed E-state index contributed by atoms with van der Waals surface area (Å²) in [6.07, 6.45) is 0.0946. The maximum absolute atomic E-state index is 5.71. The molecule has 0 N–H and O–H groups in total. The van der Waals surface area contributed by atoms with Crippen molar-refractivity contribution in [1.29, 1.82) is 0 Å². The van der Waals surface area contributed by atoms with E-state index in [0.717, 1.165) is 5.33 Å². The van der Waals surface area contributed by atoms with Gasteiger partial charge in [-0.2, -0.15) is 0 Å². The average molecular weight is 278 g/mol. The Hall–Kier alpha value is -0.0500. The summed E-state index contributed by atoms with van der Waals surface area (Å²) in [5.41, 5.74) is 2.45. The Kier molecular flexibility index (Phi) is 5.53. The molecule has 0 saturated carbocycles. The van der Waals surface area contributed by atoms with Crippen LogP contribution in [0.5, 0.6) is 0 Å². The van der Waals surface area contributed by atoms with E-state index in [1.165, 1.54) is 11.1 Å². The average Bonchev–Trinajstić information content (AvgIpc) is 2.19. The highest BCUT2D eigenvalue weighted by molar-refractivity contribution is 9.09. The zero-order valence-corrected chi connectivity index (χ0v) is 10.5. The lowest BCUT2D eigenvalue weighted by Crippen LogP contribution is -2.16. The SMILES string of the molecule is Cc1cccc(CO[C@@H](CCl)CBr)c1. The predicted molar refractivity (Wildman–Crippen MR) is 64.3 cm³/mol. The van der Waals surface area contributed by atoms with Gasteiger partial charge in [0.1, 0.15) is 0 Å². The van der Waals surface area contributed by atoms with Crippen molar-refractivity contribution >= 4 is 27.5 Å². The van der Waals surface area contributed by atoms with Crippen molar-refractivity contribution in [3.63, 3.8) is 0 Å². The van der Waals surface area contributed by atoms with Crippen LogP contribution in [0.1, 0.15) is 11.1 Å². The smallest absolute Gasteiger partial charge is 0.0811 e. The molecule has 0 heterocycles. The standard InChI is InChI=1S/C11H14BrClO/c1-9-3-2-4-10(5-9)8-14-11(6-12)7-13/h2-5,11H,6-8H2,1H3/t11-/m1/s1. The van der Waals surface area contributed by atoms with E-state index in [1.807, 2.05) is 6.07 Å². The molecule has 1 atom stereocenters. The fourth-order valence-electron chi connectivity index (χ4n) is 1.15. The Morgan fingerprint density at radius 3 is 2.86 bits per heavy atom. The molecule has 0 saturated heterocycles. The second-order valence-corrected chi connectivity index (χ2v) is 4.19. The Bertz CT molecular complexity index is 274. The van der Waals surface area contributed by atoms with E-state index in [0.29, 0.717) is 12.5 Å². The predicted octanol–water partition coefficient (Wildman–Crippen LogP) is 3.51. The fourth-order valence-corrected chi connectivity index (χ4v) is 2.02. The monoisotopic (exact) mass is 276 g/mol. The van der Waals surface area contributed by atoms with E-state index in [9.17, 15) is 0 Å². The van der Waals surface area contributed by atoms with Gasteiger partial charge in [0.25, 0.3) is 0 Å². The van der Waals surface area contributed by atoms with Gasteiger partial charge in [-0.3, -0.25) is 0 Å². The molecule has 0 aromatic heterocycles. The van der Waals surface area contributed by atoms with E-state index in [-0.39, 0.29) is 6.10 Å². The molecule has 0 spiro atoms. The van der Waals surface area contributed by atoms with Gasteiger partial charge in [-0.1, -0.05) is 45.8 Å². The Morgan fingerprint density at radius 1 is 1.50 bits per heavy atom. The number of hydrogen-bond acceptors (Lipinski definition) is 1. The first-order valence-corrected chi connectivity index (χ1v) is 6.21. The maximum Gasteiger partial charge on any atom is 0.0811 e. The van der Waals surface area contributed by atoms with Gasteiger partial charge in [-0.15, -0.1) is 11.6 Å². The molecule has 0 unspecified atom stereocenters. The highest BCUT2D eigenvalue weighted by Crippen LogP contribution is 2.08. The number of benzene rings is 1. The van der Waals surface area contributed by atoms with Crippen molar-refractivity contribution < 1.29 is 4.74 Å².